The van der Waals surface area contributed by atoms with Crippen molar-refractivity contribution in [3.05, 3.63) is 23.5 Å². The largest absolute Gasteiger partial charge is 0.469 e. The first-order chi connectivity index (χ1) is 9.19. The number of methoxy groups -OCH3 is 1. The van der Waals surface area contributed by atoms with Crippen LogP contribution >= 0.6 is 11.3 Å². The van der Waals surface area contributed by atoms with E-state index in [-0.39, 0.29) is 18.3 Å². The third-order valence-electron chi connectivity index (χ3n) is 2.59. The topological polar surface area (TPSA) is 72.7 Å². The van der Waals surface area contributed by atoms with E-state index < -0.39 is 0 Å². The molecule has 2 rings (SSSR count). The zero-order valence-electron chi connectivity index (χ0n) is 10.6. The first kappa shape index (κ1) is 13.5. The maximum atomic E-state index is 11.7. The molecule has 0 unspecified atom stereocenters. The molecule has 2 aromatic rings. The minimum Gasteiger partial charge on any atom is -0.469 e. The summed E-state index contributed by atoms with van der Waals surface area (Å²) in [6.45, 7) is 0.468. The van der Waals surface area contributed by atoms with E-state index in [0.29, 0.717) is 19.4 Å². The van der Waals surface area contributed by atoms with Crippen LogP contribution in [0.1, 0.15) is 18.5 Å². The molecule has 2 aromatic heterocycles. The van der Waals surface area contributed by atoms with Gasteiger partial charge in [0.2, 0.25) is 5.91 Å². The summed E-state index contributed by atoms with van der Waals surface area (Å²) >= 11 is 1.53. The Morgan fingerprint density at radius 3 is 3.11 bits per heavy atom. The van der Waals surface area contributed by atoms with Gasteiger partial charge in [-0.3, -0.25) is 14.0 Å². The van der Waals surface area contributed by atoms with Crippen LogP contribution in [0, 0.1) is 0 Å². The normalized spacial score (nSPS) is 10.6. The van der Waals surface area contributed by atoms with Crippen LogP contribution in [0.4, 0.5) is 0 Å². The van der Waals surface area contributed by atoms with E-state index in [1.165, 1.54) is 18.4 Å². The molecule has 1 N–H and O–H groups in total. The number of carbonyl (C=O) groups is 2. The summed E-state index contributed by atoms with van der Waals surface area (Å²) in [5, 5.41) is 4.70. The number of fused-ring (bicyclic) bond motifs is 1. The second kappa shape index (κ2) is 6.33. The zero-order valence-corrected chi connectivity index (χ0v) is 11.4. The molecule has 0 bridgehead atoms. The van der Waals surface area contributed by atoms with Crippen molar-refractivity contribution in [2.45, 2.75) is 19.3 Å². The molecular weight excluding hydrogens is 266 g/mol. The van der Waals surface area contributed by atoms with Gasteiger partial charge < -0.3 is 10.1 Å². The Balaban J connectivity index is 1.72. The fourth-order valence-corrected chi connectivity index (χ4v) is 2.37. The fraction of sp³-hybridized carbons (Fsp3) is 0.417. The summed E-state index contributed by atoms with van der Waals surface area (Å²) in [5.74, 6) is -0.348. The Labute approximate surface area is 114 Å². The van der Waals surface area contributed by atoms with Gasteiger partial charge in [-0.05, 0) is 6.42 Å². The van der Waals surface area contributed by atoms with E-state index in [0.717, 1.165) is 10.7 Å². The van der Waals surface area contributed by atoms with Crippen molar-refractivity contribution < 1.29 is 14.3 Å². The molecule has 102 valence electrons. The van der Waals surface area contributed by atoms with E-state index in [1.54, 1.807) is 0 Å². The van der Waals surface area contributed by atoms with Crippen LogP contribution in [0.25, 0.3) is 4.96 Å². The molecule has 0 spiro atoms. The van der Waals surface area contributed by atoms with Crippen LogP contribution in [0.5, 0.6) is 0 Å². The highest BCUT2D eigenvalue weighted by Crippen LogP contribution is 2.11. The lowest BCUT2D eigenvalue weighted by Gasteiger charge is -2.03. The predicted octanol–water partition coefficient (Wildman–Crippen LogP) is 1.01. The highest BCUT2D eigenvalue weighted by molar-refractivity contribution is 7.15. The lowest BCUT2D eigenvalue weighted by Crippen LogP contribution is -2.26. The summed E-state index contributed by atoms with van der Waals surface area (Å²) in [7, 11) is 1.35. The molecule has 2 heterocycles. The van der Waals surface area contributed by atoms with Crippen molar-refractivity contribution in [2.24, 2.45) is 0 Å². The molecule has 0 fully saturated rings. The van der Waals surface area contributed by atoms with Crippen molar-refractivity contribution in [2.75, 3.05) is 13.7 Å². The van der Waals surface area contributed by atoms with E-state index in [2.05, 4.69) is 15.0 Å². The maximum Gasteiger partial charge on any atom is 0.305 e. The lowest BCUT2D eigenvalue weighted by atomic mass is 10.3. The smallest absolute Gasteiger partial charge is 0.305 e. The summed E-state index contributed by atoms with van der Waals surface area (Å²) < 4.78 is 6.41. The van der Waals surface area contributed by atoms with Gasteiger partial charge in [0.15, 0.2) is 4.96 Å². The number of ether oxygens (including phenoxy) is 1. The van der Waals surface area contributed by atoms with Gasteiger partial charge in [0.25, 0.3) is 0 Å². The molecular formula is C12H15N3O3S. The van der Waals surface area contributed by atoms with Gasteiger partial charge in [0.1, 0.15) is 0 Å². The Morgan fingerprint density at radius 2 is 2.37 bits per heavy atom. The number of nitrogens with zero attached hydrogens (tertiary/aromatic N) is 2. The molecule has 0 radical (unpaired) electrons. The van der Waals surface area contributed by atoms with E-state index in [4.69, 9.17) is 0 Å². The molecule has 0 atom stereocenters. The quantitative estimate of drug-likeness (QED) is 0.633. The van der Waals surface area contributed by atoms with Gasteiger partial charge in [0.05, 0.1) is 19.2 Å². The van der Waals surface area contributed by atoms with Crippen molar-refractivity contribution in [1.29, 1.82) is 0 Å². The first-order valence-corrected chi connectivity index (χ1v) is 6.81. The molecule has 0 aliphatic carbocycles. The average molecular weight is 281 g/mol. The Hall–Kier alpha value is -1.89. The number of rotatable bonds is 6. The number of nitrogens with one attached hydrogen (secondary N) is 1. The Bertz CT molecular complexity index is 547. The van der Waals surface area contributed by atoms with Crippen LogP contribution in [0.15, 0.2) is 17.8 Å². The molecule has 0 saturated carbocycles. The molecule has 7 heteroatoms. The number of amides is 1. The van der Waals surface area contributed by atoms with Crippen LogP contribution in [0.3, 0.4) is 0 Å². The minimum absolute atomic E-state index is 0.0874. The molecule has 0 saturated heterocycles. The maximum absolute atomic E-state index is 11.7. The Kier molecular flexibility index (Phi) is 4.51. The van der Waals surface area contributed by atoms with Gasteiger partial charge >= 0.3 is 5.97 Å². The monoisotopic (exact) mass is 281 g/mol. The zero-order chi connectivity index (χ0) is 13.7. The third kappa shape index (κ3) is 3.78. The average Bonchev–Trinajstić information content (AvgIpc) is 2.95. The van der Waals surface area contributed by atoms with Crippen molar-refractivity contribution in [3.8, 4) is 0 Å². The van der Waals surface area contributed by atoms with Crippen molar-refractivity contribution in [3.63, 3.8) is 0 Å². The second-order valence-corrected chi connectivity index (χ2v) is 4.90. The van der Waals surface area contributed by atoms with Crippen LogP contribution in [-0.2, 0) is 20.7 Å². The van der Waals surface area contributed by atoms with Gasteiger partial charge in [-0.2, -0.15) is 0 Å². The predicted molar refractivity (Wildman–Crippen MR) is 71.0 cm³/mol. The molecule has 19 heavy (non-hydrogen) atoms. The number of hydrogen-bond acceptors (Lipinski definition) is 5. The van der Waals surface area contributed by atoms with Crippen molar-refractivity contribution >= 4 is 28.2 Å². The number of imidazole rings is 1. The number of esters is 1. The molecule has 1 amide bonds. The SMILES string of the molecule is COC(=O)CCCNC(=O)Cc1cn2ccsc2n1. The van der Waals surface area contributed by atoms with Crippen LogP contribution in [0.2, 0.25) is 0 Å². The number of hydrogen-bond donors (Lipinski definition) is 1. The molecule has 0 aliphatic rings. The lowest BCUT2D eigenvalue weighted by molar-refractivity contribution is -0.140. The molecule has 0 aliphatic heterocycles. The van der Waals surface area contributed by atoms with Gasteiger partial charge in [-0.1, -0.05) is 0 Å². The summed E-state index contributed by atoms with van der Waals surface area (Å²) in [6, 6.07) is 0. The highest BCUT2D eigenvalue weighted by Gasteiger charge is 2.08. The van der Waals surface area contributed by atoms with Gasteiger partial charge in [-0.15, -0.1) is 11.3 Å². The van der Waals surface area contributed by atoms with E-state index in [1.807, 2.05) is 22.2 Å². The summed E-state index contributed by atoms with van der Waals surface area (Å²) in [4.78, 5) is 27.7. The van der Waals surface area contributed by atoms with E-state index in [9.17, 15) is 9.59 Å². The highest BCUT2D eigenvalue weighted by atomic mass is 32.1. The number of aromatic nitrogens is 2. The molecule has 0 aromatic carbocycles. The fourth-order valence-electron chi connectivity index (χ4n) is 1.65. The standard InChI is InChI=1S/C12H15N3O3S/c1-18-11(17)3-2-4-13-10(16)7-9-8-15-5-6-19-12(15)14-9/h5-6,8H,2-4,7H2,1H3,(H,13,16). The van der Waals surface area contributed by atoms with E-state index >= 15 is 0 Å². The van der Waals surface area contributed by atoms with Crippen molar-refractivity contribution in [1.82, 2.24) is 14.7 Å². The Morgan fingerprint density at radius 1 is 1.53 bits per heavy atom. The number of carbonyl (C=O) groups excluding carboxylic acids is 2. The first-order valence-electron chi connectivity index (χ1n) is 5.93. The minimum atomic E-state index is -0.261. The van der Waals surface area contributed by atoms with Gasteiger partial charge in [-0.25, -0.2) is 4.98 Å². The number of thiazole rings is 1. The third-order valence-corrected chi connectivity index (χ3v) is 3.36. The molecule has 6 nitrogen and oxygen atoms in total. The summed E-state index contributed by atoms with van der Waals surface area (Å²) in [5.41, 5.74) is 0.748. The van der Waals surface area contributed by atoms with Gasteiger partial charge in [0, 0.05) is 30.7 Å². The summed E-state index contributed by atoms with van der Waals surface area (Å²) in [6.07, 6.45) is 4.91. The second-order valence-electron chi connectivity index (χ2n) is 4.03. The van der Waals surface area contributed by atoms with Crippen LogP contribution in [-0.4, -0.2) is 34.9 Å². The van der Waals surface area contributed by atoms with Crippen LogP contribution < -0.4 is 5.32 Å².